The molecule has 1 N–H and O–H groups in total. The van der Waals surface area contributed by atoms with Gasteiger partial charge < -0.3 is 19.5 Å². The zero-order valence-electron chi connectivity index (χ0n) is 15.5. The summed E-state index contributed by atoms with van der Waals surface area (Å²) in [7, 11) is 0.928. The normalized spacial score (nSPS) is 20.0. The van der Waals surface area contributed by atoms with Gasteiger partial charge in [0.1, 0.15) is 0 Å². The molecule has 0 aliphatic carbocycles. The number of azide groups is 1. The number of methoxy groups -OCH3 is 1. The van der Waals surface area contributed by atoms with E-state index in [2.05, 4.69) is 24.8 Å². The van der Waals surface area contributed by atoms with Gasteiger partial charge in [-0.25, -0.2) is 22.8 Å². The van der Waals surface area contributed by atoms with Crippen LogP contribution < -0.4 is 10.1 Å². The van der Waals surface area contributed by atoms with Gasteiger partial charge in [0, 0.05) is 11.8 Å². The molecule has 166 valence electrons. The van der Waals surface area contributed by atoms with Crippen LogP contribution in [0.15, 0.2) is 16.9 Å². The number of nitrogens with one attached hydrogen (secondary N) is 1. The van der Waals surface area contributed by atoms with Gasteiger partial charge in [-0.15, -0.1) is 0 Å². The molecule has 2 rings (SSSR count). The molecule has 0 saturated carbocycles. The molecule has 1 amide bonds. The molecule has 31 heavy (non-hydrogen) atoms. The van der Waals surface area contributed by atoms with Crippen LogP contribution in [0.25, 0.3) is 10.4 Å². The van der Waals surface area contributed by atoms with E-state index >= 15 is 0 Å². The molecule has 0 unspecified atom stereocenters. The molecule has 3 atom stereocenters. The Morgan fingerprint density at radius 1 is 1.10 bits per heavy atom. The fourth-order valence-electron chi connectivity index (χ4n) is 2.49. The first-order valence-corrected chi connectivity index (χ1v) is 8.04. The molecule has 0 fully saturated rings. The highest BCUT2D eigenvalue weighted by Gasteiger charge is 2.44. The van der Waals surface area contributed by atoms with E-state index in [1.165, 1.54) is 0 Å². The van der Waals surface area contributed by atoms with Gasteiger partial charge in [-0.05, 0) is 11.6 Å². The van der Waals surface area contributed by atoms with Gasteiger partial charge >= 0.3 is 11.9 Å². The third-order valence-electron chi connectivity index (χ3n) is 3.82. The maximum atomic E-state index is 13.8. The Kier molecular flexibility index (Phi) is 7.02. The van der Waals surface area contributed by atoms with Crippen molar-refractivity contribution in [2.24, 2.45) is 5.11 Å². The van der Waals surface area contributed by atoms with E-state index in [0.29, 0.717) is 0 Å². The largest absolute Gasteiger partial charge is 0.469 e. The highest BCUT2D eigenvalue weighted by Crippen LogP contribution is 2.31. The fourth-order valence-corrected chi connectivity index (χ4v) is 2.49. The number of carbonyl (C=O) groups excluding carboxylic acids is 3. The monoisotopic (exact) mass is 450 g/mol. The quantitative estimate of drug-likeness (QED) is 0.106. The third-order valence-corrected chi connectivity index (χ3v) is 3.82. The van der Waals surface area contributed by atoms with Gasteiger partial charge in [0.15, 0.2) is 0 Å². The van der Waals surface area contributed by atoms with Crippen molar-refractivity contribution in [3.05, 3.63) is 51.4 Å². The Balaban J connectivity index is 2.51. The first-order valence-electron chi connectivity index (χ1n) is 8.04. The number of carbonyl (C=O) groups is 3. The molecule has 10 nitrogen and oxygen atoms in total. The highest BCUT2D eigenvalue weighted by atomic mass is 19.2. The minimum atomic E-state index is -2.49. The third kappa shape index (κ3) is 4.66. The van der Waals surface area contributed by atoms with E-state index in [1.807, 2.05) is 0 Å². The van der Waals surface area contributed by atoms with Crippen LogP contribution in [-0.2, 0) is 23.9 Å². The standard InChI is InChI=1S/C16H11F5N4O6/c1-4(26)23-12-5(24-25-22)3-6(15(27)29-2)30-14(12)16(28)31-13-10(20)8(18)7(17)9(19)11(13)21/h3,5,12,14H,1-2H3,(H,23,26)/t5-,12+,14+/m0/s1. The summed E-state index contributed by atoms with van der Waals surface area (Å²) in [6.45, 7) is 0.985. The predicted octanol–water partition coefficient (Wildman–Crippen LogP) is 1.93. The van der Waals surface area contributed by atoms with Crippen LogP contribution in [-0.4, -0.2) is 43.1 Å². The van der Waals surface area contributed by atoms with E-state index in [1.54, 1.807) is 0 Å². The van der Waals surface area contributed by atoms with E-state index in [4.69, 9.17) is 10.3 Å². The van der Waals surface area contributed by atoms with Crippen molar-refractivity contribution >= 4 is 17.8 Å². The summed E-state index contributed by atoms with van der Waals surface area (Å²) in [5.74, 6) is -18.6. The number of halogens is 5. The Hall–Kier alpha value is -3.87. The molecule has 0 spiro atoms. The Bertz CT molecular complexity index is 997. The first-order chi connectivity index (χ1) is 14.5. The minimum absolute atomic E-state index is 0.708. The van der Waals surface area contributed by atoms with Crippen LogP contribution in [0.5, 0.6) is 5.75 Å². The van der Waals surface area contributed by atoms with Crippen LogP contribution in [0.4, 0.5) is 22.0 Å². The Labute approximate surface area is 169 Å². The summed E-state index contributed by atoms with van der Waals surface area (Å²) in [5.41, 5.74) is 8.70. The molecule has 1 aliphatic heterocycles. The summed E-state index contributed by atoms with van der Waals surface area (Å²) >= 11 is 0. The maximum absolute atomic E-state index is 13.8. The van der Waals surface area contributed by atoms with Gasteiger partial charge in [0.25, 0.3) is 0 Å². The van der Waals surface area contributed by atoms with Crippen LogP contribution >= 0.6 is 0 Å². The lowest BCUT2D eigenvalue weighted by Crippen LogP contribution is -2.56. The van der Waals surface area contributed by atoms with Gasteiger partial charge in [0.2, 0.25) is 52.6 Å². The van der Waals surface area contributed by atoms with Crippen molar-refractivity contribution in [1.29, 1.82) is 0 Å². The number of amides is 1. The second-order valence-corrected chi connectivity index (χ2v) is 5.80. The highest BCUT2D eigenvalue weighted by molar-refractivity contribution is 5.88. The Morgan fingerprint density at radius 3 is 2.13 bits per heavy atom. The molecule has 15 heteroatoms. The van der Waals surface area contributed by atoms with Crippen LogP contribution in [0.1, 0.15) is 6.92 Å². The minimum Gasteiger partial charge on any atom is -0.469 e. The number of hydrogen-bond donors (Lipinski definition) is 1. The van der Waals surface area contributed by atoms with E-state index in [0.717, 1.165) is 20.1 Å². The summed E-state index contributed by atoms with van der Waals surface area (Å²) in [6.07, 6.45) is -1.23. The molecule has 1 aromatic carbocycles. The number of ether oxygens (including phenoxy) is 3. The lowest BCUT2D eigenvalue weighted by molar-refractivity contribution is -0.153. The molecular formula is C16H11F5N4O6. The van der Waals surface area contributed by atoms with Crippen molar-refractivity contribution in [3.8, 4) is 5.75 Å². The number of benzene rings is 1. The SMILES string of the molecule is COC(=O)C1=C[C@H](N=[N+]=[N-])[C@@H](NC(C)=O)[C@H](C(=O)Oc2c(F)c(F)c(F)c(F)c2F)O1. The summed E-state index contributed by atoms with van der Waals surface area (Å²) < 4.78 is 81.3. The van der Waals surface area contributed by atoms with Gasteiger partial charge in [-0.1, -0.05) is 5.11 Å². The van der Waals surface area contributed by atoms with Crippen LogP contribution in [0.3, 0.4) is 0 Å². The summed E-state index contributed by atoms with van der Waals surface area (Å²) in [6, 6.07) is -3.05. The first kappa shape index (κ1) is 23.4. The second-order valence-electron chi connectivity index (χ2n) is 5.80. The molecule has 0 aromatic heterocycles. The number of esters is 2. The van der Waals surface area contributed by atoms with Crippen molar-refractivity contribution < 1.29 is 50.5 Å². The number of hydrogen-bond acceptors (Lipinski definition) is 7. The van der Waals surface area contributed by atoms with Crippen molar-refractivity contribution in [3.63, 3.8) is 0 Å². The van der Waals surface area contributed by atoms with Gasteiger partial charge in [0.05, 0.1) is 19.2 Å². The second kappa shape index (κ2) is 9.30. The number of nitrogens with zero attached hydrogens (tertiary/aromatic N) is 3. The Morgan fingerprint density at radius 2 is 1.65 bits per heavy atom. The molecule has 0 radical (unpaired) electrons. The van der Waals surface area contributed by atoms with Crippen LogP contribution in [0.2, 0.25) is 0 Å². The van der Waals surface area contributed by atoms with Crippen molar-refractivity contribution in [2.75, 3.05) is 7.11 Å². The van der Waals surface area contributed by atoms with E-state index in [9.17, 15) is 36.3 Å². The maximum Gasteiger partial charge on any atom is 0.373 e. The average Bonchev–Trinajstić information content (AvgIpc) is 2.74. The topological polar surface area (TPSA) is 140 Å². The molecule has 1 heterocycles. The molecule has 1 aromatic rings. The van der Waals surface area contributed by atoms with Gasteiger partial charge in [-0.3, -0.25) is 4.79 Å². The smallest absolute Gasteiger partial charge is 0.373 e. The summed E-state index contributed by atoms with van der Waals surface area (Å²) in [5, 5.41) is 5.43. The van der Waals surface area contributed by atoms with Crippen LogP contribution in [0, 0.1) is 29.1 Å². The summed E-state index contributed by atoms with van der Waals surface area (Å²) in [4.78, 5) is 38.2. The zero-order chi connectivity index (χ0) is 23.5. The van der Waals surface area contributed by atoms with E-state index < -0.39 is 76.6 Å². The zero-order valence-corrected chi connectivity index (χ0v) is 15.5. The van der Waals surface area contributed by atoms with Gasteiger partial charge in [-0.2, -0.15) is 8.78 Å². The van der Waals surface area contributed by atoms with E-state index in [-0.39, 0.29) is 0 Å². The lowest BCUT2D eigenvalue weighted by atomic mass is 9.98. The molecule has 0 bridgehead atoms. The average molecular weight is 450 g/mol. The molecule has 0 saturated heterocycles. The van der Waals surface area contributed by atoms with Crippen molar-refractivity contribution in [2.45, 2.75) is 25.1 Å². The predicted molar refractivity (Wildman–Crippen MR) is 87.4 cm³/mol. The fraction of sp³-hybridized carbons (Fsp3) is 0.312. The number of rotatable bonds is 5. The molecule has 1 aliphatic rings. The molecular weight excluding hydrogens is 439 g/mol. The van der Waals surface area contributed by atoms with Crippen molar-refractivity contribution in [1.82, 2.24) is 5.32 Å². The lowest BCUT2D eigenvalue weighted by Gasteiger charge is -2.33.